The van der Waals surface area contributed by atoms with E-state index < -0.39 is 10.0 Å². The normalized spacial score (nSPS) is 15.3. The molecule has 0 aliphatic carbocycles. The van der Waals surface area contributed by atoms with Gasteiger partial charge in [0.2, 0.25) is 0 Å². The van der Waals surface area contributed by atoms with Gasteiger partial charge in [-0.15, -0.1) is 0 Å². The molecule has 0 saturated carbocycles. The second kappa shape index (κ2) is 8.87. The predicted molar refractivity (Wildman–Crippen MR) is 125 cm³/mol. The summed E-state index contributed by atoms with van der Waals surface area (Å²) in [5.41, 5.74) is 2.15. The lowest BCUT2D eigenvalue weighted by Crippen LogP contribution is -2.49. The van der Waals surface area contributed by atoms with Crippen LogP contribution in [0, 0.1) is 13.8 Å². The molecule has 10 heteroatoms. The molecule has 1 saturated heterocycles. The van der Waals surface area contributed by atoms with Crippen molar-refractivity contribution in [3.05, 3.63) is 54.2 Å². The number of piperazine rings is 1. The molecule has 170 valence electrons. The van der Waals surface area contributed by atoms with Gasteiger partial charge in [-0.1, -0.05) is 17.7 Å². The number of nitrogens with one attached hydrogen (secondary N) is 1. The summed E-state index contributed by atoms with van der Waals surface area (Å²) in [7, 11) is -3.61. The van der Waals surface area contributed by atoms with Crippen LogP contribution in [0.2, 0.25) is 0 Å². The van der Waals surface area contributed by atoms with E-state index in [1.807, 2.05) is 58.0 Å². The Balaban J connectivity index is 1.45. The minimum absolute atomic E-state index is 0.0992. The highest BCUT2D eigenvalue weighted by atomic mass is 32.2. The smallest absolute Gasteiger partial charge is 0.262 e. The van der Waals surface area contributed by atoms with Crippen LogP contribution in [0.15, 0.2) is 47.9 Å². The van der Waals surface area contributed by atoms with Gasteiger partial charge in [-0.3, -0.25) is 0 Å². The number of aryl methyl sites for hydroxylation is 2. The van der Waals surface area contributed by atoms with Crippen LogP contribution >= 0.6 is 0 Å². The molecule has 0 spiro atoms. The molecule has 32 heavy (non-hydrogen) atoms. The maximum atomic E-state index is 13.0. The Bertz CT molecular complexity index is 1180. The third-order valence-electron chi connectivity index (χ3n) is 5.49. The summed E-state index contributed by atoms with van der Waals surface area (Å²) in [6.45, 7) is 9.73. The zero-order chi connectivity index (χ0) is 22.9. The highest BCUT2D eigenvalue weighted by Gasteiger charge is 2.31. The van der Waals surface area contributed by atoms with Crippen LogP contribution in [-0.2, 0) is 10.0 Å². The third-order valence-corrected chi connectivity index (χ3v) is 7.27. The Hall–Kier alpha value is -2.98. The maximum absolute atomic E-state index is 13.0. The molecule has 4 rings (SSSR count). The summed E-state index contributed by atoms with van der Waals surface area (Å²) in [5.74, 6) is 2.16. The second-order valence-electron chi connectivity index (χ2n) is 8.29. The molecule has 1 N–H and O–H groups in total. The molecule has 1 aliphatic rings. The largest absolute Gasteiger partial charge is 0.354 e. The fourth-order valence-electron chi connectivity index (χ4n) is 3.59. The molecular formula is C22H29N7O2S. The van der Waals surface area contributed by atoms with E-state index in [4.69, 9.17) is 0 Å². The average Bonchev–Trinajstić information content (AvgIpc) is 3.27. The molecule has 0 atom stereocenters. The lowest BCUT2D eigenvalue weighted by atomic mass is 10.2. The molecular weight excluding hydrogens is 426 g/mol. The second-order valence-corrected chi connectivity index (χ2v) is 10.2. The molecule has 3 heterocycles. The Morgan fingerprint density at radius 3 is 2.31 bits per heavy atom. The Morgan fingerprint density at radius 1 is 1.00 bits per heavy atom. The SMILES string of the molecule is Cc1ccc(Nc2cc(N3CCN(S(=O)(=O)c4cn(C(C)C)cn4)CC3)nc(C)n2)cc1. The van der Waals surface area contributed by atoms with Gasteiger partial charge in [0.05, 0.1) is 6.33 Å². The van der Waals surface area contributed by atoms with E-state index in [2.05, 4.69) is 25.2 Å². The van der Waals surface area contributed by atoms with E-state index in [-0.39, 0.29) is 11.1 Å². The standard InChI is InChI=1S/C22H29N7O2S/c1-16(2)28-14-22(23-15-28)32(30,31)29-11-9-27(10-12-29)21-13-20(24-18(4)25-21)26-19-7-5-17(3)6-8-19/h5-8,13-16H,9-12H2,1-4H3,(H,24,25,26). The number of nitrogens with zero attached hydrogens (tertiary/aromatic N) is 6. The Labute approximate surface area is 189 Å². The van der Waals surface area contributed by atoms with Crippen molar-refractivity contribution < 1.29 is 8.42 Å². The van der Waals surface area contributed by atoms with Crippen LogP contribution in [0.3, 0.4) is 0 Å². The molecule has 1 aliphatic heterocycles. The third kappa shape index (κ3) is 4.76. The van der Waals surface area contributed by atoms with Crippen molar-refractivity contribution in [1.29, 1.82) is 0 Å². The van der Waals surface area contributed by atoms with Crippen molar-refractivity contribution in [2.75, 3.05) is 36.4 Å². The fourth-order valence-corrected chi connectivity index (χ4v) is 4.93. The summed E-state index contributed by atoms with van der Waals surface area (Å²) in [4.78, 5) is 15.3. The number of benzene rings is 1. The van der Waals surface area contributed by atoms with Gasteiger partial charge < -0.3 is 14.8 Å². The molecule has 1 aromatic carbocycles. The predicted octanol–water partition coefficient (Wildman–Crippen LogP) is 3.13. The summed E-state index contributed by atoms with van der Waals surface area (Å²) in [6.07, 6.45) is 3.17. The van der Waals surface area contributed by atoms with Gasteiger partial charge >= 0.3 is 0 Å². The maximum Gasteiger partial charge on any atom is 0.262 e. The van der Waals surface area contributed by atoms with Crippen molar-refractivity contribution in [1.82, 2.24) is 23.8 Å². The van der Waals surface area contributed by atoms with Crippen LogP contribution in [0.1, 0.15) is 31.3 Å². The van der Waals surface area contributed by atoms with Crippen molar-refractivity contribution >= 4 is 27.3 Å². The lowest BCUT2D eigenvalue weighted by molar-refractivity contribution is 0.382. The Morgan fingerprint density at radius 2 is 1.69 bits per heavy atom. The van der Waals surface area contributed by atoms with Gasteiger partial charge in [0, 0.05) is 50.2 Å². The fraction of sp³-hybridized carbons (Fsp3) is 0.409. The highest BCUT2D eigenvalue weighted by molar-refractivity contribution is 7.89. The lowest BCUT2D eigenvalue weighted by Gasteiger charge is -2.34. The number of rotatable bonds is 6. The average molecular weight is 456 g/mol. The molecule has 2 aromatic heterocycles. The number of aromatic nitrogens is 4. The van der Waals surface area contributed by atoms with Crippen LogP contribution in [0.4, 0.5) is 17.3 Å². The summed E-state index contributed by atoms with van der Waals surface area (Å²) < 4.78 is 29.3. The molecule has 0 radical (unpaired) electrons. The zero-order valence-electron chi connectivity index (χ0n) is 18.9. The summed E-state index contributed by atoms with van der Waals surface area (Å²) >= 11 is 0. The van der Waals surface area contributed by atoms with Gasteiger partial charge in [0.25, 0.3) is 10.0 Å². The molecule has 0 bridgehead atoms. The summed E-state index contributed by atoms with van der Waals surface area (Å²) in [5, 5.41) is 3.42. The van der Waals surface area contributed by atoms with Gasteiger partial charge in [-0.05, 0) is 39.8 Å². The van der Waals surface area contributed by atoms with Gasteiger partial charge in [0.1, 0.15) is 17.5 Å². The van der Waals surface area contributed by atoms with E-state index in [9.17, 15) is 8.42 Å². The minimum atomic E-state index is -3.61. The molecule has 3 aromatic rings. The van der Waals surface area contributed by atoms with Crippen LogP contribution in [-0.4, -0.2) is 58.4 Å². The Kier molecular flexibility index (Phi) is 6.16. The molecule has 9 nitrogen and oxygen atoms in total. The topological polar surface area (TPSA) is 96.2 Å². The highest BCUT2D eigenvalue weighted by Crippen LogP contribution is 2.23. The first-order valence-electron chi connectivity index (χ1n) is 10.7. The van der Waals surface area contributed by atoms with E-state index >= 15 is 0 Å². The molecule has 1 fully saturated rings. The number of anilines is 3. The van der Waals surface area contributed by atoms with Gasteiger partial charge in [-0.25, -0.2) is 23.4 Å². The van der Waals surface area contributed by atoms with E-state index in [0.29, 0.717) is 37.8 Å². The number of hydrogen-bond donors (Lipinski definition) is 1. The number of imidazole rings is 1. The monoisotopic (exact) mass is 455 g/mol. The first kappa shape index (κ1) is 22.2. The minimum Gasteiger partial charge on any atom is -0.354 e. The molecule has 0 unspecified atom stereocenters. The van der Waals surface area contributed by atoms with Crippen molar-refractivity contribution in [3.63, 3.8) is 0 Å². The van der Waals surface area contributed by atoms with E-state index in [1.54, 1.807) is 17.1 Å². The van der Waals surface area contributed by atoms with Crippen molar-refractivity contribution in [2.24, 2.45) is 0 Å². The number of hydrogen-bond acceptors (Lipinski definition) is 7. The van der Waals surface area contributed by atoms with Crippen LogP contribution in [0.25, 0.3) is 0 Å². The van der Waals surface area contributed by atoms with Crippen LogP contribution in [0.5, 0.6) is 0 Å². The first-order valence-corrected chi connectivity index (χ1v) is 12.1. The zero-order valence-corrected chi connectivity index (χ0v) is 19.7. The van der Waals surface area contributed by atoms with Crippen molar-refractivity contribution in [3.8, 4) is 0 Å². The van der Waals surface area contributed by atoms with E-state index in [1.165, 1.54) is 9.87 Å². The van der Waals surface area contributed by atoms with Gasteiger partial charge in [-0.2, -0.15) is 4.31 Å². The first-order chi connectivity index (χ1) is 15.2. The van der Waals surface area contributed by atoms with Crippen LogP contribution < -0.4 is 10.2 Å². The summed E-state index contributed by atoms with van der Waals surface area (Å²) in [6, 6.07) is 10.2. The quantitative estimate of drug-likeness (QED) is 0.610. The van der Waals surface area contributed by atoms with Gasteiger partial charge in [0.15, 0.2) is 5.03 Å². The molecule has 0 amide bonds. The number of sulfonamides is 1. The van der Waals surface area contributed by atoms with Crippen molar-refractivity contribution in [2.45, 2.75) is 38.8 Å². The van der Waals surface area contributed by atoms with E-state index in [0.717, 1.165) is 11.5 Å².